The van der Waals surface area contributed by atoms with Crippen LogP contribution in [0.15, 0.2) is 133 Å². The first kappa shape index (κ1) is 28.0. The second-order valence-electron chi connectivity index (χ2n) is 14.0. The zero-order chi connectivity index (χ0) is 30.9. The third kappa shape index (κ3) is 4.63. The minimum atomic E-state index is -1.58. The Labute approximate surface area is 268 Å². The third-order valence-corrected chi connectivity index (χ3v) is 13.5. The van der Waals surface area contributed by atoms with E-state index in [1.807, 2.05) is 0 Å². The van der Waals surface area contributed by atoms with Gasteiger partial charge in [-0.2, -0.15) is 0 Å². The Morgan fingerprint density at radius 3 is 1.80 bits per heavy atom. The molecule has 45 heavy (non-hydrogen) atoms. The van der Waals surface area contributed by atoms with Crippen LogP contribution in [-0.2, 0) is 0 Å². The lowest BCUT2D eigenvalue weighted by molar-refractivity contribution is 1.68. The number of benzene rings is 8. The Hall–Kier alpha value is -4.51. The maximum atomic E-state index is 2.55. The summed E-state index contributed by atoms with van der Waals surface area (Å²) in [6.45, 7) is 12.3. The molecule has 0 saturated heterocycles. The molecule has 0 aliphatic rings. The number of hydrogen-bond acceptors (Lipinski definition) is 0. The van der Waals surface area contributed by atoms with Crippen molar-refractivity contribution in [2.45, 2.75) is 32.7 Å². The van der Waals surface area contributed by atoms with Crippen LogP contribution in [-0.4, -0.2) is 16.9 Å². The molecule has 0 amide bonds. The van der Waals surface area contributed by atoms with Crippen molar-refractivity contribution in [1.82, 2.24) is 0 Å². The molecule has 0 aliphatic carbocycles. The van der Waals surface area contributed by atoms with Gasteiger partial charge < -0.3 is 0 Å². The topological polar surface area (TPSA) is 0 Å². The average molecular weight is 611 g/mol. The summed E-state index contributed by atoms with van der Waals surface area (Å²) in [5.74, 6) is 0. The monoisotopic (exact) mass is 610 g/mol. The van der Waals surface area contributed by atoms with Gasteiger partial charge >= 0.3 is 0 Å². The molecule has 0 heterocycles. The van der Waals surface area contributed by atoms with Gasteiger partial charge in [0.05, 0.1) is 16.9 Å². The van der Waals surface area contributed by atoms with E-state index in [4.69, 9.17) is 0 Å². The van der Waals surface area contributed by atoms with E-state index in [9.17, 15) is 0 Å². The van der Waals surface area contributed by atoms with Gasteiger partial charge in [-0.15, -0.1) is 0 Å². The summed E-state index contributed by atoms with van der Waals surface area (Å²) in [4.78, 5) is 0. The van der Waals surface area contributed by atoms with E-state index in [1.54, 1.807) is 0 Å². The number of rotatable bonds is 4. The van der Waals surface area contributed by atoms with Crippen molar-refractivity contribution in [3.63, 3.8) is 0 Å². The van der Waals surface area contributed by atoms with Crippen molar-refractivity contribution in [3.05, 3.63) is 133 Å². The van der Waals surface area contributed by atoms with E-state index < -0.39 is 16.9 Å². The van der Waals surface area contributed by atoms with Gasteiger partial charge in [0.2, 0.25) is 0 Å². The lowest BCUT2D eigenvalue weighted by atomic mass is 9.83. The van der Waals surface area contributed by atoms with E-state index in [0.717, 1.165) is 0 Å². The summed E-state index contributed by atoms with van der Waals surface area (Å²) in [6.07, 6.45) is 0. The normalized spacial score (nSPS) is 12.3. The van der Waals surface area contributed by atoms with E-state index in [-0.39, 0.29) is 0 Å². The molecule has 2 heteroatoms. The molecule has 8 aromatic rings. The lowest BCUT2D eigenvalue weighted by Crippen LogP contribution is -2.37. The van der Waals surface area contributed by atoms with Crippen molar-refractivity contribution in [2.75, 3.05) is 0 Å². The van der Waals surface area contributed by atoms with Crippen molar-refractivity contribution in [3.8, 4) is 22.3 Å². The Balaban J connectivity index is 1.60. The van der Waals surface area contributed by atoms with E-state index in [1.165, 1.54) is 86.5 Å². The SMILES string of the molecule is C[SiH](C)c1ccc2c(-c3ccc4ccccc4c3)c3cc([Si](C)(C)C)ccc3c(-c3cc4ccccc4c4ccccc34)c2c1. The molecule has 0 spiro atoms. The molecule has 0 fully saturated rings. The summed E-state index contributed by atoms with van der Waals surface area (Å²) in [6, 6.07) is 50.9. The first-order chi connectivity index (χ1) is 21.8. The summed E-state index contributed by atoms with van der Waals surface area (Å²) in [7, 11) is -2.63. The van der Waals surface area contributed by atoms with Crippen LogP contribution >= 0.6 is 0 Å². The van der Waals surface area contributed by atoms with Crippen molar-refractivity contribution >= 4 is 81.1 Å². The Bertz CT molecular complexity index is 2440. The molecule has 0 radical (unpaired) electrons. The summed E-state index contributed by atoms with van der Waals surface area (Å²) < 4.78 is 0. The fourth-order valence-electron chi connectivity index (χ4n) is 7.28. The van der Waals surface area contributed by atoms with Crippen LogP contribution in [0.3, 0.4) is 0 Å². The minimum absolute atomic E-state index is 1.05. The van der Waals surface area contributed by atoms with Gasteiger partial charge in [-0.1, -0.05) is 164 Å². The maximum absolute atomic E-state index is 2.55. The van der Waals surface area contributed by atoms with Gasteiger partial charge in [0.15, 0.2) is 0 Å². The van der Waals surface area contributed by atoms with Crippen LogP contribution in [0.2, 0.25) is 32.7 Å². The number of hydrogen-bond donors (Lipinski definition) is 0. The summed E-state index contributed by atoms with van der Waals surface area (Å²) in [5, 5.41) is 16.2. The first-order valence-electron chi connectivity index (χ1n) is 16.2. The van der Waals surface area contributed by atoms with Crippen LogP contribution in [0, 0.1) is 0 Å². The molecular formula is C43H38Si2. The van der Waals surface area contributed by atoms with Crippen LogP contribution in [0.25, 0.3) is 76.1 Å². The average Bonchev–Trinajstić information content (AvgIpc) is 3.05. The highest BCUT2D eigenvalue weighted by molar-refractivity contribution is 6.88. The zero-order valence-electron chi connectivity index (χ0n) is 26.8. The fourth-order valence-corrected chi connectivity index (χ4v) is 9.42. The third-order valence-electron chi connectivity index (χ3n) is 9.75. The largest absolute Gasteiger partial charge is 0.0776 e. The van der Waals surface area contributed by atoms with Crippen molar-refractivity contribution in [1.29, 1.82) is 0 Å². The molecule has 8 aromatic carbocycles. The maximum Gasteiger partial charge on any atom is 0.0776 e. The first-order valence-corrected chi connectivity index (χ1v) is 22.6. The highest BCUT2D eigenvalue weighted by Crippen LogP contribution is 2.46. The van der Waals surface area contributed by atoms with E-state index in [2.05, 4.69) is 166 Å². The molecule has 0 aromatic heterocycles. The zero-order valence-corrected chi connectivity index (χ0v) is 28.9. The highest BCUT2D eigenvalue weighted by atomic mass is 28.3. The second kappa shape index (κ2) is 10.5. The molecule has 218 valence electrons. The Morgan fingerprint density at radius 2 is 1.04 bits per heavy atom. The van der Waals surface area contributed by atoms with E-state index >= 15 is 0 Å². The van der Waals surface area contributed by atoms with Crippen LogP contribution in [0.4, 0.5) is 0 Å². The fraction of sp³-hybridized carbons (Fsp3) is 0.116. The van der Waals surface area contributed by atoms with Crippen LogP contribution < -0.4 is 10.4 Å². The van der Waals surface area contributed by atoms with E-state index in [0.29, 0.717) is 0 Å². The van der Waals surface area contributed by atoms with Gasteiger partial charge in [-0.25, -0.2) is 0 Å². The van der Waals surface area contributed by atoms with Gasteiger partial charge in [0.25, 0.3) is 0 Å². The van der Waals surface area contributed by atoms with Gasteiger partial charge in [-0.3, -0.25) is 0 Å². The van der Waals surface area contributed by atoms with Gasteiger partial charge in [-0.05, 0) is 88.2 Å². The molecule has 0 nitrogen and oxygen atoms in total. The molecule has 0 bridgehead atoms. The standard InChI is InChI=1S/C43H38Si2/c1-44(2)32-20-22-37-40(26-32)43(39-25-30-14-8-9-15-34(30)35-16-10-11-17-36(35)39)38-23-21-33(45(3,4)5)27-41(38)42(37)31-19-18-28-12-6-7-13-29(28)24-31/h6-27,44H,1-5H3. The Kier molecular flexibility index (Phi) is 6.56. The molecule has 0 unspecified atom stereocenters. The van der Waals surface area contributed by atoms with Crippen molar-refractivity contribution in [2.24, 2.45) is 0 Å². The lowest BCUT2D eigenvalue weighted by Gasteiger charge is -2.23. The summed E-state index contributed by atoms with van der Waals surface area (Å²) in [5.41, 5.74) is 5.34. The highest BCUT2D eigenvalue weighted by Gasteiger charge is 2.23. The van der Waals surface area contributed by atoms with Gasteiger partial charge in [0, 0.05) is 0 Å². The van der Waals surface area contributed by atoms with Crippen LogP contribution in [0.1, 0.15) is 0 Å². The molecule has 0 atom stereocenters. The quantitative estimate of drug-likeness (QED) is 0.106. The molecule has 0 N–H and O–H groups in total. The smallest absolute Gasteiger partial charge is 0.0682 e. The van der Waals surface area contributed by atoms with Crippen molar-refractivity contribution < 1.29 is 0 Å². The summed E-state index contributed by atoms with van der Waals surface area (Å²) >= 11 is 0. The molecule has 0 aliphatic heterocycles. The predicted octanol–water partition coefficient (Wildman–Crippen LogP) is 11.0. The molecule has 0 saturated carbocycles. The van der Waals surface area contributed by atoms with Crippen LogP contribution in [0.5, 0.6) is 0 Å². The minimum Gasteiger partial charge on any atom is -0.0682 e. The Morgan fingerprint density at radius 1 is 0.422 bits per heavy atom. The molecular weight excluding hydrogens is 573 g/mol. The molecule has 8 rings (SSSR count). The van der Waals surface area contributed by atoms with Gasteiger partial charge in [0.1, 0.15) is 0 Å². The number of fused-ring (bicyclic) bond motifs is 6. The second-order valence-corrected chi connectivity index (χ2v) is 22.0. The predicted molar refractivity (Wildman–Crippen MR) is 206 cm³/mol.